The summed E-state index contributed by atoms with van der Waals surface area (Å²) < 4.78 is 0. The first-order valence-corrected chi connectivity index (χ1v) is 5.30. The number of benzene rings is 1. The Bertz CT molecular complexity index is 365. The van der Waals surface area contributed by atoms with Crippen molar-refractivity contribution in [2.24, 2.45) is 5.73 Å². The van der Waals surface area contributed by atoms with E-state index in [1.165, 1.54) is 5.56 Å². The number of fused-ring (bicyclic) bond motifs is 1. The summed E-state index contributed by atoms with van der Waals surface area (Å²) in [6.45, 7) is 0.638. The van der Waals surface area contributed by atoms with E-state index in [1.807, 2.05) is 19.2 Å². The van der Waals surface area contributed by atoms with Crippen LogP contribution >= 0.6 is 23.2 Å². The van der Waals surface area contributed by atoms with Crippen LogP contribution < -0.4 is 10.6 Å². The second-order valence-corrected chi connectivity index (χ2v) is 4.36. The van der Waals surface area contributed by atoms with Crippen LogP contribution in [0.2, 0.25) is 10.0 Å². The molecule has 1 unspecified atom stereocenters. The third-order valence-corrected chi connectivity index (χ3v) is 3.57. The van der Waals surface area contributed by atoms with Gasteiger partial charge < -0.3 is 10.6 Å². The van der Waals surface area contributed by atoms with Crippen LogP contribution in [0.5, 0.6) is 0 Å². The molecule has 1 heterocycles. The van der Waals surface area contributed by atoms with Gasteiger partial charge in [0.1, 0.15) is 0 Å². The molecule has 1 aliphatic heterocycles. The van der Waals surface area contributed by atoms with Crippen LogP contribution in [-0.2, 0) is 6.42 Å². The Morgan fingerprint density at radius 1 is 1.50 bits per heavy atom. The van der Waals surface area contributed by atoms with Gasteiger partial charge in [0.05, 0.1) is 15.7 Å². The Labute approximate surface area is 93.6 Å². The fourth-order valence-corrected chi connectivity index (χ4v) is 2.41. The molecule has 1 aliphatic rings. The van der Waals surface area contributed by atoms with Gasteiger partial charge in [-0.1, -0.05) is 29.3 Å². The summed E-state index contributed by atoms with van der Waals surface area (Å²) in [4.78, 5) is 2.11. The van der Waals surface area contributed by atoms with Crippen LogP contribution in [0.15, 0.2) is 12.1 Å². The molecule has 0 spiro atoms. The summed E-state index contributed by atoms with van der Waals surface area (Å²) in [6, 6.07) is 4.21. The maximum Gasteiger partial charge on any atom is 0.0828 e. The maximum absolute atomic E-state index is 6.14. The molecule has 0 aromatic heterocycles. The highest BCUT2D eigenvalue weighted by molar-refractivity contribution is 6.43. The largest absolute Gasteiger partial charge is 0.369 e. The number of rotatable bonds is 1. The van der Waals surface area contributed by atoms with Gasteiger partial charge >= 0.3 is 0 Å². The van der Waals surface area contributed by atoms with E-state index in [1.54, 1.807) is 0 Å². The first-order valence-electron chi connectivity index (χ1n) is 4.55. The Kier molecular flexibility index (Phi) is 2.60. The molecule has 2 N–H and O–H groups in total. The van der Waals surface area contributed by atoms with Gasteiger partial charge in [0.15, 0.2) is 0 Å². The Morgan fingerprint density at radius 2 is 2.21 bits per heavy atom. The molecule has 2 rings (SSSR count). The number of hydrogen-bond acceptors (Lipinski definition) is 2. The van der Waals surface area contributed by atoms with Gasteiger partial charge in [-0.15, -0.1) is 0 Å². The monoisotopic (exact) mass is 230 g/mol. The van der Waals surface area contributed by atoms with Crippen molar-refractivity contribution in [1.29, 1.82) is 0 Å². The van der Waals surface area contributed by atoms with E-state index >= 15 is 0 Å². The molecule has 2 nitrogen and oxygen atoms in total. The molecule has 1 aromatic rings. The number of nitrogens with zero attached hydrogens (tertiary/aromatic N) is 1. The minimum Gasteiger partial charge on any atom is -0.369 e. The molecule has 0 radical (unpaired) electrons. The van der Waals surface area contributed by atoms with Crippen LogP contribution in [0.1, 0.15) is 5.56 Å². The predicted molar refractivity (Wildman–Crippen MR) is 61.4 cm³/mol. The van der Waals surface area contributed by atoms with E-state index < -0.39 is 0 Å². The van der Waals surface area contributed by atoms with Gasteiger partial charge in [-0.25, -0.2) is 0 Å². The number of nitrogens with two attached hydrogens (primary N) is 1. The zero-order valence-corrected chi connectivity index (χ0v) is 9.44. The summed E-state index contributed by atoms with van der Waals surface area (Å²) in [5.74, 6) is 0. The summed E-state index contributed by atoms with van der Waals surface area (Å²) in [5.41, 5.74) is 7.94. The number of anilines is 1. The van der Waals surface area contributed by atoms with Gasteiger partial charge in [0.2, 0.25) is 0 Å². The molecule has 76 valence electrons. The molecule has 1 atom stereocenters. The molecular formula is C10H12Cl2N2. The Morgan fingerprint density at radius 3 is 2.86 bits per heavy atom. The van der Waals surface area contributed by atoms with Crippen molar-refractivity contribution in [2.45, 2.75) is 12.5 Å². The quantitative estimate of drug-likeness (QED) is 0.803. The molecule has 1 aromatic carbocycles. The Balaban J connectivity index is 2.49. The molecule has 0 saturated carbocycles. The minimum atomic E-state index is 0.348. The number of halogens is 2. The van der Waals surface area contributed by atoms with E-state index in [2.05, 4.69) is 4.90 Å². The lowest BCUT2D eigenvalue weighted by atomic mass is 10.1. The fraction of sp³-hybridized carbons (Fsp3) is 0.400. The van der Waals surface area contributed by atoms with Crippen molar-refractivity contribution in [3.8, 4) is 0 Å². The van der Waals surface area contributed by atoms with Gasteiger partial charge in [-0.05, 0) is 18.1 Å². The van der Waals surface area contributed by atoms with Crippen molar-refractivity contribution >= 4 is 28.9 Å². The second-order valence-electron chi connectivity index (χ2n) is 3.57. The lowest BCUT2D eigenvalue weighted by molar-refractivity contribution is 0.675. The molecule has 14 heavy (non-hydrogen) atoms. The zero-order chi connectivity index (χ0) is 10.3. The van der Waals surface area contributed by atoms with Gasteiger partial charge in [0.25, 0.3) is 0 Å². The second kappa shape index (κ2) is 3.61. The van der Waals surface area contributed by atoms with E-state index in [4.69, 9.17) is 28.9 Å². The van der Waals surface area contributed by atoms with E-state index in [9.17, 15) is 0 Å². The zero-order valence-electron chi connectivity index (χ0n) is 7.93. The van der Waals surface area contributed by atoms with Crippen molar-refractivity contribution < 1.29 is 0 Å². The normalized spacial score (nSPS) is 20.0. The smallest absolute Gasteiger partial charge is 0.0828 e. The van der Waals surface area contributed by atoms with E-state index in [0.29, 0.717) is 22.6 Å². The molecule has 0 aliphatic carbocycles. The first-order chi connectivity index (χ1) is 6.65. The molecular weight excluding hydrogens is 219 g/mol. The number of hydrogen-bond donors (Lipinski definition) is 1. The van der Waals surface area contributed by atoms with Gasteiger partial charge in [-0.2, -0.15) is 0 Å². The van der Waals surface area contributed by atoms with E-state index in [-0.39, 0.29) is 0 Å². The summed E-state index contributed by atoms with van der Waals surface area (Å²) >= 11 is 12.1. The Hall–Kier alpha value is -0.440. The highest BCUT2D eigenvalue weighted by atomic mass is 35.5. The lowest BCUT2D eigenvalue weighted by Crippen LogP contribution is -2.34. The molecule has 0 amide bonds. The summed E-state index contributed by atoms with van der Waals surface area (Å²) in [5, 5.41) is 1.25. The average molecular weight is 231 g/mol. The van der Waals surface area contributed by atoms with Crippen LogP contribution in [0.25, 0.3) is 0 Å². The first kappa shape index (κ1) is 10.1. The standard InChI is InChI=1S/C10H12Cl2N2/c1-14-7(5-13)4-6-2-3-8(11)9(12)10(6)14/h2-3,7H,4-5,13H2,1H3. The summed E-state index contributed by atoms with van der Waals surface area (Å²) in [6.07, 6.45) is 0.958. The third kappa shape index (κ3) is 1.38. The van der Waals surface area contributed by atoms with Crippen molar-refractivity contribution in [2.75, 3.05) is 18.5 Å². The van der Waals surface area contributed by atoms with Gasteiger partial charge in [0, 0.05) is 19.6 Å². The van der Waals surface area contributed by atoms with Crippen LogP contribution in [-0.4, -0.2) is 19.6 Å². The van der Waals surface area contributed by atoms with Crippen molar-refractivity contribution in [3.63, 3.8) is 0 Å². The molecule has 0 saturated heterocycles. The highest BCUT2D eigenvalue weighted by Gasteiger charge is 2.28. The minimum absolute atomic E-state index is 0.348. The van der Waals surface area contributed by atoms with Crippen LogP contribution in [0.3, 0.4) is 0 Å². The van der Waals surface area contributed by atoms with Crippen molar-refractivity contribution in [3.05, 3.63) is 27.7 Å². The molecule has 4 heteroatoms. The third-order valence-electron chi connectivity index (χ3n) is 2.78. The maximum atomic E-state index is 6.14. The van der Waals surface area contributed by atoms with Crippen LogP contribution in [0, 0.1) is 0 Å². The van der Waals surface area contributed by atoms with E-state index in [0.717, 1.165) is 12.1 Å². The average Bonchev–Trinajstić information content (AvgIpc) is 2.50. The highest BCUT2D eigenvalue weighted by Crippen LogP contribution is 2.40. The van der Waals surface area contributed by atoms with Gasteiger partial charge in [-0.3, -0.25) is 0 Å². The predicted octanol–water partition coefficient (Wildman–Crippen LogP) is 2.31. The SMILES string of the molecule is CN1c2c(ccc(Cl)c2Cl)CC1CN. The molecule has 0 fully saturated rings. The van der Waals surface area contributed by atoms with Crippen LogP contribution in [0.4, 0.5) is 5.69 Å². The van der Waals surface area contributed by atoms with Crippen molar-refractivity contribution in [1.82, 2.24) is 0 Å². The summed E-state index contributed by atoms with van der Waals surface area (Å²) in [7, 11) is 2.01. The molecule has 0 bridgehead atoms. The topological polar surface area (TPSA) is 29.3 Å². The lowest BCUT2D eigenvalue weighted by Gasteiger charge is -2.21. The fourth-order valence-electron chi connectivity index (χ4n) is 1.94. The number of likely N-dealkylation sites (N-methyl/N-ethyl adjacent to an activating group) is 1.